The van der Waals surface area contributed by atoms with Crippen molar-refractivity contribution in [2.75, 3.05) is 13.2 Å². The fourth-order valence-electron chi connectivity index (χ4n) is 4.61. The number of aryl methyl sites for hydroxylation is 1. The van der Waals surface area contributed by atoms with E-state index in [1.807, 2.05) is 31.2 Å². The predicted molar refractivity (Wildman–Crippen MR) is 112 cm³/mol. The van der Waals surface area contributed by atoms with Crippen LogP contribution in [0.1, 0.15) is 47.3 Å². The Hall–Kier alpha value is -1.96. The fourth-order valence-corrected chi connectivity index (χ4v) is 4.61. The third-order valence-electron chi connectivity index (χ3n) is 6.18. The highest BCUT2D eigenvalue weighted by Crippen LogP contribution is 2.37. The summed E-state index contributed by atoms with van der Waals surface area (Å²) in [5.74, 6) is 0.849. The van der Waals surface area contributed by atoms with Crippen molar-refractivity contribution in [3.8, 4) is 5.75 Å². The summed E-state index contributed by atoms with van der Waals surface area (Å²) >= 11 is 0. The van der Waals surface area contributed by atoms with Crippen LogP contribution in [0.4, 0.5) is 0 Å². The zero-order valence-corrected chi connectivity index (χ0v) is 17.2. The van der Waals surface area contributed by atoms with Gasteiger partial charge in [0, 0.05) is 0 Å². The molecule has 0 radical (unpaired) electrons. The molecule has 0 bridgehead atoms. The van der Waals surface area contributed by atoms with Gasteiger partial charge in [-0.2, -0.15) is 0 Å². The summed E-state index contributed by atoms with van der Waals surface area (Å²) in [4.78, 5) is 0. The first-order chi connectivity index (χ1) is 14.5. The van der Waals surface area contributed by atoms with Crippen LogP contribution in [-0.4, -0.2) is 58.1 Å². The van der Waals surface area contributed by atoms with Gasteiger partial charge in [0.25, 0.3) is 0 Å². The van der Waals surface area contributed by atoms with Gasteiger partial charge in [-0.25, -0.2) is 0 Å². The van der Waals surface area contributed by atoms with Gasteiger partial charge in [0.15, 0.2) is 0 Å². The third kappa shape index (κ3) is 4.11. The molecule has 0 saturated carbocycles. The van der Waals surface area contributed by atoms with Crippen LogP contribution in [0.15, 0.2) is 36.4 Å². The molecule has 5 atom stereocenters. The Morgan fingerprint density at radius 1 is 1.00 bits per heavy atom. The number of rotatable bonds is 6. The smallest absolute Gasteiger partial charge is 0.119 e. The van der Waals surface area contributed by atoms with Crippen LogP contribution in [-0.2, 0) is 24.0 Å². The SMILES string of the molecule is CCOc1ccc(Cc2cc([C@@H]3O[C@H](CO)[C@@H](O)[C@H](O)[C@H]3O)cc3c2CCC3)cc1. The van der Waals surface area contributed by atoms with Crippen LogP contribution < -0.4 is 4.74 Å². The van der Waals surface area contributed by atoms with Crippen molar-refractivity contribution in [2.45, 2.75) is 63.1 Å². The average Bonchev–Trinajstić information content (AvgIpc) is 3.23. The second kappa shape index (κ2) is 9.04. The summed E-state index contributed by atoms with van der Waals surface area (Å²) < 4.78 is 11.3. The predicted octanol–water partition coefficient (Wildman–Crippen LogP) is 1.68. The molecule has 162 valence electrons. The third-order valence-corrected chi connectivity index (χ3v) is 6.18. The molecule has 1 aliphatic carbocycles. The zero-order valence-electron chi connectivity index (χ0n) is 17.2. The number of hydrogen-bond acceptors (Lipinski definition) is 6. The van der Waals surface area contributed by atoms with Gasteiger partial charge >= 0.3 is 0 Å². The zero-order chi connectivity index (χ0) is 21.3. The molecule has 1 saturated heterocycles. The first-order valence-corrected chi connectivity index (χ1v) is 10.7. The Balaban J connectivity index is 1.64. The number of benzene rings is 2. The van der Waals surface area contributed by atoms with Gasteiger partial charge in [-0.05, 0) is 72.6 Å². The largest absolute Gasteiger partial charge is 0.494 e. The van der Waals surface area contributed by atoms with E-state index in [1.54, 1.807) is 0 Å². The number of aliphatic hydroxyl groups is 4. The van der Waals surface area contributed by atoms with E-state index >= 15 is 0 Å². The topological polar surface area (TPSA) is 99.4 Å². The van der Waals surface area contributed by atoms with Crippen molar-refractivity contribution < 1.29 is 29.9 Å². The molecule has 2 aromatic rings. The Labute approximate surface area is 176 Å². The molecule has 1 aliphatic heterocycles. The normalized spacial score (nSPS) is 28.4. The number of aliphatic hydroxyl groups excluding tert-OH is 4. The van der Waals surface area contributed by atoms with E-state index < -0.39 is 37.1 Å². The highest BCUT2D eigenvalue weighted by molar-refractivity contribution is 5.45. The van der Waals surface area contributed by atoms with Crippen molar-refractivity contribution in [2.24, 2.45) is 0 Å². The van der Waals surface area contributed by atoms with Gasteiger partial charge < -0.3 is 29.9 Å². The molecule has 6 nitrogen and oxygen atoms in total. The van der Waals surface area contributed by atoms with Crippen LogP contribution >= 0.6 is 0 Å². The van der Waals surface area contributed by atoms with Crippen LogP contribution in [0.2, 0.25) is 0 Å². The highest BCUT2D eigenvalue weighted by atomic mass is 16.5. The molecule has 4 rings (SSSR count). The maximum atomic E-state index is 10.6. The van der Waals surface area contributed by atoms with Gasteiger partial charge in [0.1, 0.15) is 36.3 Å². The highest BCUT2D eigenvalue weighted by Gasteiger charge is 2.44. The summed E-state index contributed by atoms with van der Waals surface area (Å²) in [6.45, 7) is 2.17. The van der Waals surface area contributed by atoms with E-state index in [0.717, 1.165) is 37.0 Å². The lowest BCUT2D eigenvalue weighted by atomic mass is 9.87. The van der Waals surface area contributed by atoms with E-state index in [2.05, 4.69) is 12.1 Å². The maximum Gasteiger partial charge on any atom is 0.119 e. The van der Waals surface area contributed by atoms with Crippen LogP contribution in [0, 0.1) is 0 Å². The van der Waals surface area contributed by atoms with Gasteiger partial charge in [-0.1, -0.05) is 24.3 Å². The molecule has 0 amide bonds. The Kier molecular flexibility index (Phi) is 6.41. The maximum absolute atomic E-state index is 10.6. The van der Waals surface area contributed by atoms with E-state index in [0.29, 0.717) is 6.61 Å². The molecule has 0 aromatic heterocycles. The van der Waals surface area contributed by atoms with Gasteiger partial charge in [0.05, 0.1) is 13.2 Å². The van der Waals surface area contributed by atoms with Crippen LogP contribution in [0.5, 0.6) is 5.75 Å². The summed E-state index contributed by atoms with van der Waals surface area (Å²) in [5.41, 5.74) is 5.70. The minimum atomic E-state index is -1.37. The molecular weight excluding hydrogens is 384 g/mol. The minimum absolute atomic E-state index is 0.425. The fraction of sp³-hybridized carbons (Fsp3) is 0.500. The standard InChI is InChI=1S/C24H30O6/c1-2-29-18-8-6-14(7-9-18)10-16-12-17(11-15-4-3-5-19(15)16)24-23(28)22(27)21(26)20(13-25)30-24/h6-9,11-12,20-28H,2-5,10,13H2,1H3/t20-,21-,22+,23-,24+/m1/s1. The Bertz CT molecular complexity index is 863. The lowest BCUT2D eigenvalue weighted by Crippen LogP contribution is -2.55. The van der Waals surface area contributed by atoms with Crippen molar-refractivity contribution in [3.05, 3.63) is 64.2 Å². The lowest BCUT2D eigenvalue weighted by molar-refractivity contribution is -0.231. The Morgan fingerprint density at radius 2 is 1.77 bits per heavy atom. The summed E-state index contributed by atoms with van der Waals surface area (Å²) in [7, 11) is 0. The first kappa shape index (κ1) is 21.3. The lowest BCUT2D eigenvalue weighted by Gasteiger charge is -2.40. The average molecular weight is 414 g/mol. The molecule has 2 aromatic carbocycles. The second-order valence-electron chi connectivity index (χ2n) is 8.17. The van der Waals surface area contributed by atoms with E-state index in [-0.39, 0.29) is 0 Å². The van der Waals surface area contributed by atoms with Crippen molar-refractivity contribution in [1.82, 2.24) is 0 Å². The minimum Gasteiger partial charge on any atom is -0.494 e. The molecule has 0 unspecified atom stereocenters. The molecule has 30 heavy (non-hydrogen) atoms. The van der Waals surface area contributed by atoms with E-state index in [9.17, 15) is 20.4 Å². The van der Waals surface area contributed by atoms with Gasteiger partial charge in [-0.3, -0.25) is 0 Å². The summed E-state index contributed by atoms with van der Waals surface area (Å²) in [5, 5.41) is 40.3. The molecule has 0 spiro atoms. The quantitative estimate of drug-likeness (QED) is 0.574. The van der Waals surface area contributed by atoms with Crippen LogP contribution in [0.25, 0.3) is 0 Å². The van der Waals surface area contributed by atoms with Gasteiger partial charge in [0.2, 0.25) is 0 Å². The molecule has 1 fully saturated rings. The van der Waals surface area contributed by atoms with Crippen molar-refractivity contribution >= 4 is 0 Å². The van der Waals surface area contributed by atoms with Crippen molar-refractivity contribution in [3.63, 3.8) is 0 Å². The molecular formula is C24H30O6. The van der Waals surface area contributed by atoms with Crippen LogP contribution in [0.3, 0.4) is 0 Å². The molecule has 4 N–H and O–H groups in total. The number of hydrogen-bond donors (Lipinski definition) is 4. The van der Waals surface area contributed by atoms with Crippen molar-refractivity contribution in [1.29, 1.82) is 0 Å². The molecule has 6 heteroatoms. The second-order valence-corrected chi connectivity index (χ2v) is 8.17. The van der Waals surface area contributed by atoms with Gasteiger partial charge in [-0.15, -0.1) is 0 Å². The molecule has 1 heterocycles. The number of fused-ring (bicyclic) bond motifs is 1. The van der Waals surface area contributed by atoms with E-state index in [4.69, 9.17) is 9.47 Å². The van der Waals surface area contributed by atoms with E-state index in [1.165, 1.54) is 22.3 Å². The summed E-state index contributed by atoms with van der Waals surface area (Å²) in [6, 6.07) is 12.1. The monoisotopic (exact) mass is 414 g/mol. The molecule has 2 aliphatic rings. The Morgan fingerprint density at radius 3 is 2.47 bits per heavy atom. The number of ether oxygens (including phenoxy) is 2. The first-order valence-electron chi connectivity index (χ1n) is 10.7. The summed E-state index contributed by atoms with van der Waals surface area (Å²) in [6.07, 6.45) is -1.86.